The second-order valence-electron chi connectivity index (χ2n) is 7.22. The summed E-state index contributed by atoms with van der Waals surface area (Å²) in [7, 11) is 3.16. The van der Waals surface area contributed by atoms with Crippen LogP contribution in [0.4, 0.5) is 0 Å². The van der Waals surface area contributed by atoms with Crippen molar-refractivity contribution >= 4 is 23.0 Å². The Kier molecular flexibility index (Phi) is 5.67. The fraction of sp³-hybridized carbons (Fsp3) is 0.167. The smallest absolute Gasteiger partial charge is 0.179 e. The quantitative estimate of drug-likeness (QED) is 0.437. The Morgan fingerprint density at radius 2 is 1.74 bits per heavy atom. The van der Waals surface area contributed by atoms with Gasteiger partial charge < -0.3 is 19.6 Å². The van der Waals surface area contributed by atoms with Crippen LogP contribution < -0.4 is 15.2 Å². The van der Waals surface area contributed by atoms with Crippen molar-refractivity contribution in [3.05, 3.63) is 71.5 Å². The van der Waals surface area contributed by atoms with E-state index in [0.717, 1.165) is 28.0 Å². The van der Waals surface area contributed by atoms with Gasteiger partial charge in [-0.15, -0.1) is 0 Å². The van der Waals surface area contributed by atoms with Gasteiger partial charge in [0, 0.05) is 29.6 Å². The third kappa shape index (κ3) is 4.00. The van der Waals surface area contributed by atoms with Crippen molar-refractivity contribution in [2.24, 2.45) is 5.73 Å². The number of fused-ring (bicyclic) bond motifs is 1. The highest BCUT2D eigenvalue weighted by Gasteiger charge is 2.15. The Morgan fingerprint density at radius 1 is 1.03 bits per heavy atom. The Morgan fingerprint density at radius 3 is 2.39 bits per heavy atom. The molecule has 0 spiro atoms. The normalized spacial score (nSPS) is 12.0. The van der Waals surface area contributed by atoms with Crippen LogP contribution in [-0.2, 0) is 0 Å². The van der Waals surface area contributed by atoms with Gasteiger partial charge in [-0.25, -0.2) is 4.98 Å². The first kappa shape index (κ1) is 20.9. The van der Waals surface area contributed by atoms with Gasteiger partial charge in [-0.3, -0.25) is 4.79 Å². The van der Waals surface area contributed by atoms with E-state index >= 15 is 0 Å². The lowest BCUT2D eigenvalue weighted by Crippen LogP contribution is -2.26. The van der Waals surface area contributed by atoms with Crippen LogP contribution in [0.3, 0.4) is 0 Å². The molecule has 0 saturated carbocycles. The number of pyridine rings is 1. The largest absolute Gasteiger partial charge is 0.496 e. The van der Waals surface area contributed by atoms with E-state index in [0.29, 0.717) is 22.1 Å². The fourth-order valence-electron chi connectivity index (χ4n) is 3.44. The number of halogens is 1. The predicted molar refractivity (Wildman–Crippen MR) is 122 cm³/mol. The molecule has 0 radical (unpaired) electrons. The van der Waals surface area contributed by atoms with E-state index in [1.165, 1.54) is 0 Å². The molecule has 0 aliphatic carbocycles. The molecule has 2 aromatic heterocycles. The SMILES string of the molecule is COc1cc(OC)c(-c2cn3ccc(-c4ccc(C(=O)[C@H](C)N)cc4)cc3n2)cc1Cl. The summed E-state index contributed by atoms with van der Waals surface area (Å²) >= 11 is 6.32. The molecule has 0 amide bonds. The van der Waals surface area contributed by atoms with E-state index in [1.807, 2.05) is 41.1 Å². The summed E-state index contributed by atoms with van der Waals surface area (Å²) in [6.07, 6.45) is 3.87. The van der Waals surface area contributed by atoms with Gasteiger partial charge in [-0.2, -0.15) is 0 Å². The molecule has 1 atom stereocenters. The second kappa shape index (κ2) is 8.41. The number of aromatic nitrogens is 2. The molecule has 0 unspecified atom stereocenters. The van der Waals surface area contributed by atoms with Crippen molar-refractivity contribution in [2.45, 2.75) is 13.0 Å². The summed E-state index contributed by atoms with van der Waals surface area (Å²) in [5.41, 5.74) is 10.6. The summed E-state index contributed by atoms with van der Waals surface area (Å²) in [6.45, 7) is 1.69. The van der Waals surface area contributed by atoms with Gasteiger partial charge in [0.1, 0.15) is 17.1 Å². The lowest BCUT2D eigenvalue weighted by molar-refractivity contribution is 0.0968. The summed E-state index contributed by atoms with van der Waals surface area (Å²) < 4.78 is 12.7. The Hall–Kier alpha value is -3.35. The highest BCUT2D eigenvalue weighted by Crippen LogP contribution is 2.38. The lowest BCUT2D eigenvalue weighted by Gasteiger charge is -2.10. The van der Waals surface area contributed by atoms with Crippen molar-refractivity contribution in [1.29, 1.82) is 0 Å². The topological polar surface area (TPSA) is 78.8 Å². The van der Waals surface area contributed by atoms with Gasteiger partial charge in [-0.05, 0) is 36.2 Å². The molecular formula is C24H22ClN3O3. The van der Waals surface area contributed by atoms with Crippen molar-refractivity contribution < 1.29 is 14.3 Å². The number of benzene rings is 2. The van der Waals surface area contributed by atoms with Gasteiger partial charge in [0.05, 0.1) is 31.0 Å². The molecule has 4 rings (SSSR count). The number of hydrogen-bond acceptors (Lipinski definition) is 5. The number of ketones is 1. The summed E-state index contributed by atoms with van der Waals surface area (Å²) in [6, 6.07) is 14.4. The van der Waals surface area contributed by atoms with E-state index in [9.17, 15) is 4.79 Å². The van der Waals surface area contributed by atoms with Crippen LogP contribution in [0.5, 0.6) is 11.5 Å². The van der Waals surface area contributed by atoms with Gasteiger partial charge >= 0.3 is 0 Å². The molecule has 2 aromatic carbocycles. The molecule has 7 heteroatoms. The minimum Gasteiger partial charge on any atom is -0.496 e. The van der Waals surface area contributed by atoms with Crippen molar-refractivity contribution in [2.75, 3.05) is 14.2 Å². The third-order valence-electron chi connectivity index (χ3n) is 5.13. The zero-order valence-corrected chi connectivity index (χ0v) is 18.2. The maximum Gasteiger partial charge on any atom is 0.179 e. The molecule has 4 aromatic rings. The van der Waals surface area contributed by atoms with Crippen LogP contribution in [0.2, 0.25) is 5.02 Å². The van der Waals surface area contributed by atoms with Crippen LogP contribution >= 0.6 is 11.6 Å². The van der Waals surface area contributed by atoms with Crippen LogP contribution in [0.25, 0.3) is 28.0 Å². The molecule has 0 fully saturated rings. The first-order valence-electron chi connectivity index (χ1n) is 9.72. The van der Waals surface area contributed by atoms with Gasteiger partial charge in [0.2, 0.25) is 0 Å². The Labute approximate surface area is 185 Å². The van der Waals surface area contributed by atoms with Crippen LogP contribution in [0, 0.1) is 0 Å². The number of ether oxygens (including phenoxy) is 2. The molecule has 0 bridgehead atoms. The number of carbonyl (C=O) groups excluding carboxylic acids is 1. The second-order valence-corrected chi connectivity index (χ2v) is 7.63. The Bertz CT molecular complexity index is 1260. The van der Waals surface area contributed by atoms with Crippen molar-refractivity contribution in [3.63, 3.8) is 0 Å². The standard InChI is InChI=1S/C24H22ClN3O3/c1-14(26)24(29)16-6-4-15(5-7-16)17-8-9-28-13-20(27-23(28)10-17)18-11-19(25)22(31-3)12-21(18)30-2/h4-14H,26H2,1-3H3/t14-/m0/s1. The van der Waals surface area contributed by atoms with Gasteiger partial charge in [-0.1, -0.05) is 35.9 Å². The maximum atomic E-state index is 12.1. The number of nitrogens with zero attached hydrogens (tertiary/aromatic N) is 2. The summed E-state index contributed by atoms with van der Waals surface area (Å²) in [5.74, 6) is 1.09. The van der Waals surface area contributed by atoms with E-state index in [1.54, 1.807) is 45.4 Å². The van der Waals surface area contributed by atoms with Crippen LogP contribution in [-0.4, -0.2) is 35.4 Å². The van der Waals surface area contributed by atoms with Gasteiger partial charge in [0.25, 0.3) is 0 Å². The average molecular weight is 436 g/mol. The third-order valence-corrected chi connectivity index (χ3v) is 5.42. The van der Waals surface area contributed by atoms with Crippen molar-refractivity contribution in [1.82, 2.24) is 9.38 Å². The molecule has 6 nitrogen and oxygen atoms in total. The van der Waals surface area contributed by atoms with Crippen LogP contribution in [0.15, 0.2) is 60.9 Å². The highest BCUT2D eigenvalue weighted by atomic mass is 35.5. The van der Waals surface area contributed by atoms with Gasteiger partial charge in [0.15, 0.2) is 5.78 Å². The number of carbonyl (C=O) groups is 1. The number of hydrogen-bond donors (Lipinski definition) is 1. The average Bonchev–Trinajstić information content (AvgIpc) is 3.21. The molecule has 0 saturated heterocycles. The minimum atomic E-state index is -0.519. The first-order chi connectivity index (χ1) is 14.9. The molecule has 31 heavy (non-hydrogen) atoms. The molecule has 0 aliphatic rings. The van der Waals surface area contributed by atoms with E-state index in [-0.39, 0.29) is 5.78 Å². The zero-order chi connectivity index (χ0) is 22.1. The maximum absolute atomic E-state index is 12.1. The molecular weight excluding hydrogens is 414 g/mol. The monoisotopic (exact) mass is 435 g/mol. The highest BCUT2D eigenvalue weighted by molar-refractivity contribution is 6.32. The summed E-state index contributed by atoms with van der Waals surface area (Å²) in [5, 5.41) is 0.484. The van der Waals surface area contributed by atoms with Crippen LogP contribution in [0.1, 0.15) is 17.3 Å². The predicted octanol–water partition coefficient (Wildman–Crippen LogP) is 4.87. The minimum absolute atomic E-state index is 0.0769. The number of nitrogens with two attached hydrogens (primary N) is 1. The van der Waals surface area contributed by atoms with E-state index in [2.05, 4.69) is 0 Å². The zero-order valence-electron chi connectivity index (χ0n) is 17.4. The number of imidazole rings is 1. The Balaban J connectivity index is 1.71. The molecule has 2 N–H and O–H groups in total. The lowest BCUT2D eigenvalue weighted by atomic mass is 10.0. The van der Waals surface area contributed by atoms with Crippen molar-refractivity contribution in [3.8, 4) is 33.9 Å². The number of methoxy groups -OCH3 is 2. The van der Waals surface area contributed by atoms with E-state index in [4.69, 9.17) is 31.8 Å². The molecule has 158 valence electrons. The number of rotatable bonds is 6. The summed E-state index contributed by atoms with van der Waals surface area (Å²) in [4.78, 5) is 16.8. The molecule has 0 aliphatic heterocycles. The van der Waals surface area contributed by atoms with E-state index < -0.39 is 6.04 Å². The number of Topliss-reactive ketones (excluding diaryl/α,β-unsaturated/α-hetero) is 1. The molecule has 2 heterocycles. The fourth-order valence-corrected chi connectivity index (χ4v) is 3.68. The first-order valence-corrected chi connectivity index (χ1v) is 10.1.